The topological polar surface area (TPSA) is 92.7 Å². The van der Waals surface area contributed by atoms with Gasteiger partial charge < -0.3 is 15.2 Å². The molecule has 0 saturated heterocycles. The third-order valence-corrected chi connectivity index (χ3v) is 7.81. The van der Waals surface area contributed by atoms with Gasteiger partial charge >= 0.3 is 5.97 Å². The van der Waals surface area contributed by atoms with E-state index in [1.165, 1.54) is 0 Å². The molecule has 0 amide bonds. The van der Waals surface area contributed by atoms with Crippen molar-refractivity contribution in [3.63, 3.8) is 0 Å². The Morgan fingerprint density at radius 1 is 0.944 bits per heavy atom. The van der Waals surface area contributed by atoms with E-state index in [0.717, 1.165) is 51.0 Å². The molecular weight excluding hydrogens is 522 g/mol. The maximum Gasteiger partial charge on any atom is 0.335 e. The van der Waals surface area contributed by atoms with Crippen molar-refractivity contribution in [3.8, 4) is 5.75 Å². The lowest BCUT2D eigenvalue weighted by Crippen LogP contribution is -2.38. The van der Waals surface area contributed by atoms with Crippen molar-refractivity contribution in [1.29, 1.82) is 0 Å². The van der Waals surface area contributed by atoms with Crippen molar-refractivity contribution < 1.29 is 24.2 Å². The number of dihydropyridines is 1. The van der Waals surface area contributed by atoms with Crippen LogP contribution in [0.15, 0.2) is 69.5 Å². The molecule has 1 aliphatic heterocycles. The molecule has 2 aliphatic carbocycles. The minimum absolute atomic E-state index is 0.112. The maximum atomic E-state index is 13.2. The van der Waals surface area contributed by atoms with E-state index in [1.54, 1.807) is 24.3 Å². The van der Waals surface area contributed by atoms with Crippen molar-refractivity contribution >= 4 is 33.5 Å². The number of Topliss-reactive ketones (excluding diaryl/α,β-unsaturated/α-hetero) is 2. The van der Waals surface area contributed by atoms with Gasteiger partial charge in [-0.3, -0.25) is 9.59 Å². The number of benzene rings is 2. The van der Waals surface area contributed by atoms with Gasteiger partial charge in [0.25, 0.3) is 0 Å². The van der Waals surface area contributed by atoms with Crippen LogP contribution in [0.1, 0.15) is 66.9 Å². The molecule has 7 heteroatoms. The van der Waals surface area contributed by atoms with Crippen LogP contribution in [-0.4, -0.2) is 22.6 Å². The molecule has 0 aromatic heterocycles. The second-order valence-corrected chi connectivity index (χ2v) is 11.1. The molecule has 36 heavy (non-hydrogen) atoms. The molecule has 1 heterocycles. The monoisotopic (exact) mass is 549 g/mol. The zero-order valence-electron chi connectivity index (χ0n) is 20.3. The zero-order valence-corrected chi connectivity index (χ0v) is 21.9. The van der Waals surface area contributed by atoms with Gasteiger partial charge in [-0.15, -0.1) is 0 Å². The first-order valence-corrected chi connectivity index (χ1v) is 13.0. The fourth-order valence-electron chi connectivity index (χ4n) is 5.54. The Hall–Kier alpha value is -3.19. The minimum atomic E-state index is -0.966. The molecule has 0 fully saturated rings. The lowest BCUT2D eigenvalue weighted by Gasteiger charge is -2.39. The quantitative estimate of drug-likeness (QED) is 0.480. The summed E-state index contributed by atoms with van der Waals surface area (Å²) in [6.45, 7) is 4.46. The first-order chi connectivity index (χ1) is 17.2. The van der Waals surface area contributed by atoms with Crippen LogP contribution >= 0.6 is 15.9 Å². The molecule has 0 bridgehead atoms. The van der Waals surface area contributed by atoms with E-state index in [4.69, 9.17) is 9.84 Å². The number of carbonyl (C=O) groups excluding carboxylic acids is 2. The molecular formula is C29H28BrNO5. The molecule has 0 spiro atoms. The Balaban J connectivity index is 1.45. The molecule has 2 aromatic rings. The highest BCUT2D eigenvalue weighted by Crippen LogP contribution is 2.47. The number of hydrogen-bond donors (Lipinski definition) is 2. The Morgan fingerprint density at radius 2 is 1.53 bits per heavy atom. The van der Waals surface area contributed by atoms with Gasteiger partial charge in [-0.25, -0.2) is 4.79 Å². The predicted octanol–water partition coefficient (Wildman–Crippen LogP) is 5.92. The lowest BCUT2D eigenvalue weighted by molar-refractivity contribution is -0.117. The largest absolute Gasteiger partial charge is 0.488 e. The van der Waals surface area contributed by atoms with Gasteiger partial charge in [0.05, 0.1) is 10.0 Å². The van der Waals surface area contributed by atoms with Crippen molar-refractivity contribution in [3.05, 3.63) is 86.2 Å². The Morgan fingerprint density at radius 3 is 2.06 bits per heavy atom. The average molecular weight is 550 g/mol. The van der Waals surface area contributed by atoms with Crippen LogP contribution in [0, 0.1) is 11.8 Å². The van der Waals surface area contributed by atoms with Crippen molar-refractivity contribution in [1.82, 2.24) is 5.32 Å². The molecule has 186 valence electrons. The SMILES string of the molecule is CC1CC(=O)C2=C(C1)NC1=C(C(=O)CC(C)C1)C2c1ccc(OCc2ccc(C(=O)O)cc2)c(Br)c1. The Bertz CT molecular complexity index is 1280. The van der Waals surface area contributed by atoms with E-state index in [9.17, 15) is 14.4 Å². The molecule has 2 atom stereocenters. The first kappa shape index (κ1) is 24.5. The van der Waals surface area contributed by atoms with Gasteiger partial charge in [-0.1, -0.05) is 32.0 Å². The van der Waals surface area contributed by atoms with Crippen LogP contribution in [0.25, 0.3) is 0 Å². The van der Waals surface area contributed by atoms with Gasteiger partial charge in [0.2, 0.25) is 0 Å². The van der Waals surface area contributed by atoms with Crippen molar-refractivity contribution in [2.75, 3.05) is 0 Å². The Labute approximate surface area is 218 Å². The number of hydrogen-bond acceptors (Lipinski definition) is 5. The number of halogens is 1. The number of aromatic carboxylic acids is 1. The standard InChI is InChI=1S/C29H28BrNO5/c1-15-9-21-27(23(32)11-15)26(28-22(31-21)10-16(2)12-24(28)33)19-7-8-25(20(30)13-19)36-14-17-3-5-18(6-4-17)29(34)35/h3-8,13,15-16,26,31H,9-12,14H2,1-2H3,(H,34,35). The van der Waals surface area contributed by atoms with Crippen LogP contribution in [-0.2, 0) is 16.2 Å². The third-order valence-electron chi connectivity index (χ3n) is 7.19. The van der Waals surface area contributed by atoms with Crippen LogP contribution < -0.4 is 10.1 Å². The fraction of sp³-hybridized carbons (Fsp3) is 0.345. The number of rotatable bonds is 5. The van der Waals surface area contributed by atoms with Crippen LogP contribution in [0.3, 0.4) is 0 Å². The van der Waals surface area contributed by atoms with E-state index in [0.29, 0.717) is 18.6 Å². The van der Waals surface area contributed by atoms with E-state index in [2.05, 4.69) is 35.1 Å². The molecule has 2 N–H and O–H groups in total. The van der Waals surface area contributed by atoms with E-state index in [1.807, 2.05) is 18.2 Å². The highest BCUT2D eigenvalue weighted by Gasteiger charge is 2.42. The number of allylic oxidation sites excluding steroid dienone is 4. The smallest absolute Gasteiger partial charge is 0.335 e. The summed E-state index contributed by atoms with van der Waals surface area (Å²) in [5.74, 6) is 0.0643. The van der Waals surface area contributed by atoms with Gasteiger partial charge in [0.15, 0.2) is 11.6 Å². The minimum Gasteiger partial charge on any atom is -0.488 e. The highest BCUT2D eigenvalue weighted by atomic mass is 79.9. The second kappa shape index (κ2) is 9.69. The van der Waals surface area contributed by atoms with Crippen LogP contribution in [0.4, 0.5) is 0 Å². The molecule has 3 aliphatic rings. The number of carbonyl (C=O) groups is 3. The molecule has 0 radical (unpaired) electrons. The summed E-state index contributed by atoms with van der Waals surface area (Å²) in [6, 6.07) is 12.3. The van der Waals surface area contributed by atoms with E-state index < -0.39 is 5.97 Å². The molecule has 6 nitrogen and oxygen atoms in total. The van der Waals surface area contributed by atoms with Gasteiger partial charge in [0.1, 0.15) is 12.4 Å². The van der Waals surface area contributed by atoms with Gasteiger partial charge in [-0.2, -0.15) is 0 Å². The second-order valence-electron chi connectivity index (χ2n) is 10.2. The number of ether oxygens (including phenoxy) is 1. The summed E-state index contributed by atoms with van der Waals surface area (Å²) in [5, 5.41) is 12.6. The lowest BCUT2D eigenvalue weighted by atomic mass is 9.69. The molecule has 0 saturated carbocycles. The number of carboxylic acids is 1. The van der Waals surface area contributed by atoms with Crippen molar-refractivity contribution in [2.45, 2.75) is 52.1 Å². The third kappa shape index (κ3) is 4.64. The summed E-state index contributed by atoms with van der Waals surface area (Å²) >= 11 is 3.62. The van der Waals surface area contributed by atoms with Crippen LogP contribution in [0.5, 0.6) is 5.75 Å². The molecule has 2 aromatic carbocycles. The van der Waals surface area contributed by atoms with Gasteiger partial charge in [0, 0.05) is 41.3 Å². The van der Waals surface area contributed by atoms with Crippen molar-refractivity contribution in [2.24, 2.45) is 11.8 Å². The normalized spacial score (nSPS) is 23.7. The zero-order chi connectivity index (χ0) is 25.6. The van der Waals surface area contributed by atoms with E-state index >= 15 is 0 Å². The number of carboxylic acid groups (broad SMARTS) is 1. The summed E-state index contributed by atoms with van der Waals surface area (Å²) < 4.78 is 6.72. The molecule has 5 rings (SSSR count). The number of nitrogens with one attached hydrogen (secondary N) is 1. The van der Waals surface area contributed by atoms with Crippen LogP contribution in [0.2, 0.25) is 0 Å². The van der Waals surface area contributed by atoms with Gasteiger partial charge in [-0.05, 0) is 76.0 Å². The predicted molar refractivity (Wildman–Crippen MR) is 139 cm³/mol. The fourth-order valence-corrected chi connectivity index (χ4v) is 6.05. The average Bonchev–Trinajstić information content (AvgIpc) is 2.81. The summed E-state index contributed by atoms with van der Waals surface area (Å²) in [6.07, 6.45) is 2.60. The Kier molecular flexibility index (Phi) is 6.60. The highest BCUT2D eigenvalue weighted by molar-refractivity contribution is 9.10. The summed E-state index contributed by atoms with van der Waals surface area (Å²) in [7, 11) is 0. The van der Waals surface area contributed by atoms with E-state index in [-0.39, 0.29) is 41.5 Å². The molecule has 2 unspecified atom stereocenters. The number of ketones is 2. The summed E-state index contributed by atoms with van der Waals surface area (Å²) in [4.78, 5) is 37.5. The maximum absolute atomic E-state index is 13.2. The first-order valence-electron chi connectivity index (χ1n) is 12.2. The summed E-state index contributed by atoms with van der Waals surface area (Å²) in [5.41, 5.74) is 5.36.